The quantitative estimate of drug-likeness (QED) is 0.578. The number of amides is 2. The second-order valence-corrected chi connectivity index (χ2v) is 9.64. The first-order valence-corrected chi connectivity index (χ1v) is 12.0. The zero-order valence-electron chi connectivity index (χ0n) is 19.7. The predicted molar refractivity (Wildman–Crippen MR) is 128 cm³/mol. The van der Waals surface area contributed by atoms with Gasteiger partial charge in [-0.15, -0.1) is 0 Å². The number of carbonyl (C=O) groups is 3. The summed E-state index contributed by atoms with van der Waals surface area (Å²) in [5.74, 6) is -0.877. The van der Waals surface area contributed by atoms with Crippen LogP contribution in [0.4, 0.5) is 4.79 Å². The van der Waals surface area contributed by atoms with Crippen LogP contribution in [0, 0.1) is 11.8 Å². The second-order valence-electron chi connectivity index (χ2n) is 9.64. The first-order valence-electron chi connectivity index (χ1n) is 12.0. The van der Waals surface area contributed by atoms with Gasteiger partial charge in [0.15, 0.2) is 0 Å². The first kappa shape index (κ1) is 23.8. The summed E-state index contributed by atoms with van der Waals surface area (Å²) in [7, 11) is 0. The summed E-state index contributed by atoms with van der Waals surface area (Å²) in [6.45, 7) is 5.15. The van der Waals surface area contributed by atoms with Crippen LogP contribution >= 0.6 is 0 Å². The molecule has 0 aromatic heterocycles. The number of rotatable bonds is 9. The molecule has 2 atom stereocenters. The average Bonchev–Trinajstić information content (AvgIpc) is 3.08. The molecule has 180 valence electrons. The van der Waals surface area contributed by atoms with Crippen LogP contribution in [-0.4, -0.2) is 53.7 Å². The lowest BCUT2D eigenvalue weighted by atomic mass is 9.92. The Morgan fingerprint density at radius 3 is 2.21 bits per heavy atom. The third kappa shape index (κ3) is 5.08. The van der Waals surface area contributed by atoms with Gasteiger partial charge in [0.2, 0.25) is 5.91 Å². The lowest BCUT2D eigenvalue weighted by Gasteiger charge is -2.38. The van der Waals surface area contributed by atoms with Gasteiger partial charge in [-0.05, 0) is 46.9 Å². The molecule has 1 fully saturated rings. The highest BCUT2D eigenvalue weighted by molar-refractivity contribution is 5.85. The van der Waals surface area contributed by atoms with Gasteiger partial charge in [-0.3, -0.25) is 4.79 Å². The molecule has 1 saturated heterocycles. The Morgan fingerprint density at radius 1 is 1.06 bits per heavy atom. The molecule has 1 heterocycles. The van der Waals surface area contributed by atoms with E-state index in [0.717, 1.165) is 17.5 Å². The lowest BCUT2D eigenvalue weighted by Crippen LogP contribution is -2.55. The molecule has 2 aliphatic rings. The van der Waals surface area contributed by atoms with Crippen molar-refractivity contribution < 1.29 is 24.2 Å². The Hall–Kier alpha value is -3.35. The molecule has 1 aliphatic carbocycles. The molecule has 7 heteroatoms. The predicted octanol–water partition coefficient (Wildman–Crippen LogP) is 4.26. The highest BCUT2D eigenvalue weighted by atomic mass is 16.5. The van der Waals surface area contributed by atoms with Crippen molar-refractivity contribution >= 4 is 18.0 Å². The van der Waals surface area contributed by atoms with Gasteiger partial charge in [0.25, 0.3) is 0 Å². The van der Waals surface area contributed by atoms with E-state index in [1.165, 1.54) is 16.0 Å². The molecule has 2 aromatic rings. The fraction of sp³-hybridized carbons (Fsp3) is 0.444. The van der Waals surface area contributed by atoms with Gasteiger partial charge in [-0.1, -0.05) is 62.4 Å². The Kier molecular flexibility index (Phi) is 7.20. The number of hydrogen-bond donors (Lipinski definition) is 2. The Morgan fingerprint density at radius 2 is 1.68 bits per heavy atom. The molecule has 0 bridgehead atoms. The monoisotopic (exact) mass is 464 g/mol. The standard InChI is InChI=1S/C27H32N2O5/c1-17(2)13-18(14-25(30)29-12-11-24(29)26(31)32)15-28-27(33)34-16-23-21-9-5-3-7-19(21)20-8-4-6-10-22(20)23/h3-10,17-18,23-24H,11-16H2,1-2H3,(H,28,33)(H,31,32)/t18-,24?/m0/s1. The van der Waals surface area contributed by atoms with Crippen molar-refractivity contribution in [2.75, 3.05) is 19.7 Å². The van der Waals surface area contributed by atoms with E-state index >= 15 is 0 Å². The molecule has 2 amide bonds. The molecule has 0 radical (unpaired) electrons. The maximum absolute atomic E-state index is 12.6. The summed E-state index contributed by atoms with van der Waals surface area (Å²) in [4.78, 5) is 37.8. The Labute approximate surface area is 200 Å². The number of carboxylic acids is 1. The maximum Gasteiger partial charge on any atom is 0.407 e. The summed E-state index contributed by atoms with van der Waals surface area (Å²) < 4.78 is 5.61. The van der Waals surface area contributed by atoms with Gasteiger partial charge in [0.1, 0.15) is 12.6 Å². The van der Waals surface area contributed by atoms with E-state index in [9.17, 15) is 19.5 Å². The topological polar surface area (TPSA) is 95.9 Å². The molecule has 2 N–H and O–H groups in total. The number of fused-ring (bicyclic) bond motifs is 3. The van der Waals surface area contributed by atoms with E-state index in [0.29, 0.717) is 25.4 Å². The molecular weight excluding hydrogens is 432 g/mol. The minimum absolute atomic E-state index is 0.00874. The molecule has 4 rings (SSSR count). The zero-order chi connectivity index (χ0) is 24.2. The molecular formula is C27H32N2O5. The molecule has 0 saturated carbocycles. The maximum atomic E-state index is 12.6. The van der Waals surface area contributed by atoms with Crippen molar-refractivity contribution in [1.29, 1.82) is 0 Å². The van der Waals surface area contributed by atoms with Crippen LogP contribution in [0.3, 0.4) is 0 Å². The first-order chi connectivity index (χ1) is 16.3. The SMILES string of the molecule is CC(C)C[C@H](CNC(=O)OCC1c2ccccc2-c2ccccc21)CC(=O)N1CCC1C(=O)O. The number of alkyl carbamates (subject to hydrolysis) is 1. The Balaban J connectivity index is 1.32. The number of nitrogens with zero attached hydrogens (tertiary/aromatic N) is 1. The summed E-state index contributed by atoms with van der Waals surface area (Å²) >= 11 is 0. The van der Waals surface area contributed by atoms with Gasteiger partial charge in [-0.25, -0.2) is 9.59 Å². The van der Waals surface area contributed by atoms with Crippen molar-refractivity contribution in [1.82, 2.24) is 10.2 Å². The summed E-state index contributed by atoms with van der Waals surface area (Å²) in [6.07, 6.45) is 0.955. The highest BCUT2D eigenvalue weighted by Gasteiger charge is 2.38. The average molecular weight is 465 g/mol. The van der Waals surface area contributed by atoms with Crippen LogP contribution in [0.15, 0.2) is 48.5 Å². The van der Waals surface area contributed by atoms with Gasteiger partial charge < -0.3 is 20.1 Å². The third-order valence-corrected chi connectivity index (χ3v) is 6.77. The van der Waals surface area contributed by atoms with E-state index in [1.807, 2.05) is 24.3 Å². The summed E-state index contributed by atoms with van der Waals surface area (Å²) in [5, 5.41) is 12.0. The number of benzene rings is 2. The van der Waals surface area contributed by atoms with Crippen LogP contribution in [0.2, 0.25) is 0 Å². The van der Waals surface area contributed by atoms with Crippen molar-refractivity contribution in [3.05, 3.63) is 59.7 Å². The van der Waals surface area contributed by atoms with Crippen LogP contribution in [0.1, 0.15) is 50.2 Å². The number of nitrogens with one attached hydrogen (secondary N) is 1. The lowest BCUT2D eigenvalue weighted by molar-refractivity contribution is -0.157. The number of carboxylic acid groups (broad SMARTS) is 1. The third-order valence-electron chi connectivity index (χ3n) is 6.77. The highest BCUT2D eigenvalue weighted by Crippen LogP contribution is 2.44. The van der Waals surface area contributed by atoms with Gasteiger partial charge in [0.05, 0.1) is 0 Å². The molecule has 34 heavy (non-hydrogen) atoms. The van der Waals surface area contributed by atoms with Crippen LogP contribution in [0.5, 0.6) is 0 Å². The summed E-state index contributed by atoms with van der Waals surface area (Å²) in [5.41, 5.74) is 4.66. The minimum atomic E-state index is -0.961. The normalized spacial score (nSPS) is 17.5. The van der Waals surface area contributed by atoms with Crippen LogP contribution < -0.4 is 5.32 Å². The van der Waals surface area contributed by atoms with Crippen LogP contribution in [-0.2, 0) is 14.3 Å². The largest absolute Gasteiger partial charge is 0.480 e. The van der Waals surface area contributed by atoms with E-state index < -0.39 is 18.1 Å². The van der Waals surface area contributed by atoms with Crippen molar-refractivity contribution in [3.63, 3.8) is 0 Å². The van der Waals surface area contributed by atoms with Gasteiger partial charge in [-0.2, -0.15) is 0 Å². The smallest absolute Gasteiger partial charge is 0.407 e. The van der Waals surface area contributed by atoms with Crippen molar-refractivity contribution in [3.8, 4) is 11.1 Å². The Bertz CT molecular complexity index is 1020. The number of carbonyl (C=O) groups excluding carboxylic acids is 2. The van der Waals surface area contributed by atoms with Crippen LogP contribution in [0.25, 0.3) is 11.1 Å². The fourth-order valence-corrected chi connectivity index (χ4v) is 5.09. The van der Waals surface area contributed by atoms with E-state index in [4.69, 9.17) is 4.74 Å². The van der Waals surface area contributed by atoms with Crippen molar-refractivity contribution in [2.24, 2.45) is 11.8 Å². The molecule has 0 spiro atoms. The molecule has 2 aromatic carbocycles. The second kappa shape index (κ2) is 10.3. The minimum Gasteiger partial charge on any atom is -0.480 e. The summed E-state index contributed by atoms with van der Waals surface area (Å²) in [6, 6.07) is 15.6. The molecule has 1 aliphatic heterocycles. The number of aliphatic carboxylic acids is 1. The molecule has 1 unspecified atom stereocenters. The van der Waals surface area contributed by atoms with E-state index in [2.05, 4.69) is 43.4 Å². The number of likely N-dealkylation sites (tertiary alicyclic amines) is 1. The molecule has 7 nitrogen and oxygen atoms in total. The zero-order valence-corrected chi connectivity index (χ0v) is 19.7. The van der Waals surface area contributed by atoms with E-state index in [1.54, 1.807) is 0 Å². The fourth-order valence-electron chi connectivity index (χ4n) is 5.09. The van der Waals surface area contributed by atoms with Gasteiger partial charge >= 0.3 is 12.1 Å². The van der Waals surface area contributed by atoms with E-state index in [-0.39, 0.29) is 30.8 Å². The number of ether oxygens (including phenoxy) is 1. The van der Waals surface area contributed by atoms with Crippen molar-refractivity contribution in [2.45, 2.75) is 45.1 Å². The van der Waals surface area contributed by atoms with Gasteiger partial charge in [0, 0.05) is 25.4 Å². The number of hydrogen-bond acceptors (Lipinski definition) is 4.